The molecule has 0 fully saturated rings. The van der Waals surface area contributed by atoms with Crippen LogP contribution < -0.4 is 5.73 Å². The van der Waals surface area contributed by atoms with Gasteiger partial charge in [0.25, 0.3) is 5.91 Å². The summed E-state index contributed by atoms with van der Waals surface area (Å²) in [5, 5.41) is 3.70. The molecule has 26 heavy (non-hydrogen) atoms. The molecule has 0 aliphatic rings. The second-order valence-corrected chi connectivity index (χ2v) is 5.66. The van der Waals surface area contributed by atoms with E-state index in [9.17, 15) is 18.0 Å². The van der Waals surface area contributed by atoms with Gasteiger partial charge in [0.15, 0.2) is 0 Å². The molecule has 8 heteroatoms. The molecule has 0 bridgehead atoms. The average Bonchev–Trinajstić information content (AvgIpc) is 2.61. The van der Waals surface area contributed by atoms with Crippen LogP contribution >= 0.6 is 0 Å². The summed E-state index contributed by atoms with van der Waals surface area (Å²) in [4.78, 5) is 21.4. The van der Waals surface area contributed by atoms with Crippen molar-refractivity contribution >= 4 is 12.1 Å². The highest BCUT2D eigenvalue weighted by molar-refractivity contribution is 5.84. The Morgan fingerprint density at radius 2 is 2.04 bits per heavy atom. The fourth-order valence-corrected chi connectivity index (χ4v) is 2.31. The highest BCUT2D eigenvalue weighted by atomic mass is 19.4. The van der Waals surface area contributed by atoms with E-state index in [0.717, 1.165) is 18.3 Å². The summed E-state index contributed by atoms with van der Waals surface area (Å²) in [6.45, 7) is 1.70. The highest BCUT2D eigenvalue weighted by Gasteiger charge is 2.38. The fraction of sp³-hybridized carbons (Fsp3) is 0.278. The van der Waals surface area contributed by atoms with E-state index >= 15 is 0 Å². The highest BCUT2D eigenvalue weighted by Crippen LogP contribution is 2.29. The van der Waals surface area contributed by atoms with Gasteiger partial charge in [0, 0.05) is 18.3 Å². The van der Waals surface area contributed by atoms with Gasteiger partial charge in [-0.2, -0.15) is 13.2 Å². The standard InChI is InChI=1S/C18H18F3N3O2/c1-2-17(16(22)25,11-15-8-3-4-9-23-15)26-24-12-13-6-5-7-14(10-13)18(19,20)21/h3-10,12H,2,11H2,1H3,(H2,22,25). The van der Waals surface area contributed by atoms with Gasteiger partial charge >= 0.3 is 6.18 Å². The van der Waals surface area contributed by atoms with Gasteiger partial charge in [0.2, 0.25) is 5.60 Å². The molecule has 1 aromatic heterocycles. The first-order valence-corrected chi connectivity index (χ1v) is 7.85. The number of carbonyl (C=O) groups excluding carboxylic acids is 1. The average molecular weight is 365 g/mol. The van der Waals surface area contributed by atoms with E-state index < -0.39 is 23.2 Å². The third-order valence-corrected chi connectivity index (χ3v) is 3.86. The van der Waals surface area contributed by atoms with Crippen LogP contribution in [0, 0.1) is 0 Å². The van der Waals surface area contributed by atoms with Crippen molar-refractivity contribution in [2.75, 3.05) is 0 Å². The second-order valence-electron chi connectivity index (χ2n) is 5.66. The largest absolute Gasteiger partial charge is 0.416 e. The van der Waals surface area contributed by atoms with Crippen LogP contribution in [0.5, 0.6) is 0 Å². The van der Waals surface area contributed by atoms with Crippen molar-refractivity contribution in [1.82, 2.24) is 4.98 Å². The maximum absolute atomic E-state index is 12.7. The Labute approximate surface area is 148 Å². The number of rotatable bonds is 7. The van der Waals surface area contributed by atoms with E-state index in [2.05, 4.69) is 10.1 Å². The lowest BCUT2D eigenvalue weighted by Crippen LogP contribution is -2.47. The lowest BCUT2D eigenvalue weighted by Gasteiger charge is -2.26. The minimum Gasteiger partial charge on any atom is -0.379 e. The van der Waals surface area contributed by atoms with Gasteiger partial charge in [0.05, 0.1) is 11.8 Å². The van der Waals surface area contributed by atoms with Crippen LogP contribution in [-0.2, 0) is 22.2 Å². The third kappa shape index (κ3) is 4.81. The van der Waals surface area contributed by atoms with Crippen molar-refractivity contribution in [3.63, 3.8) is 0 Å². The van der Waals surface area contributed by atoms with E-state index in [1.54, 1.807) is 31.3 Å². The molecule has 5 nitrogen and oxygen atoms in total. The number of hydrogen-bond acceptors (Lipinski definition) is 4. The predicted octanol–water partition coefficient (Wildman–Crippen LogP) is 3.33. The minimum atomic E-state index is -4.45. The monoisotopic (exact) mass is 365 g/mol. The zero-order valence-electron chi connectivity index (χ0n) is 14.0. The Hall–Kier alpha value is -2.90. The molecule has 2 N–H and O–H groups in total. The van der Waals surface area contributed by atoms with E-state index in [1.165, 1.54) is 12.1 Å². The number of nitrogens with two attached hydrogens (primary N) is 1. The maximum atomic E-state index is 12.7. The molecule has 0 saturated carbocycles. The molecule has 1 unspecified atom stereocenters. The summed E-state index contributed by atoms with van der Waals surface area (Å²) in [6, 6.07) is 9.80. The van der Waals surface area contributed by atoms with Crippen molar-refractivity contribution in [2.45, 2.75) is 31.5 Å². The van der Waals surface area contributed by atoms with Gasteiger partial charge < -0.3 is 10.6 Å². The Morgan fingerprint density at radius 3 is 2.62 bits per heavy atom. The molecule has 1 aromatic carbocycles. The number of pyridine rings is 1. The van der Waals surface area contributed by atoms with Gasteiger partial charge in [-0.1, -0.05) is 30.3 Å². The number of alkyl halides is 3. The normalized spacial score (nSPS) is 14.2. The molecule has 0 aliphatic heterocycles. The molecule has 1 amide bonds. The van der Waals surface area contributed by atoms with Crippen molar-refractivity contribution in [2.24, 2.45) is 10.9 Å². The van der Waals surface area contributed by atoms with Crippen molar-refractivity contribution in [1.29, 1.82) is 0 Å². The summed E-state index contributed by atoms with van der Waals surface area (Å²) in [5.74, 6) is -0.730. The molecule has 2 rings (SSSR count). The quantitative estimate of drug-likeness (QED) is 0.604. The van der Waals surface area contributed by atoms with Crippen LogP contribution in [0.1, 0.15) is 30.2 Å². The first-order chi connectivity index (χ1) is 12.3. The molecule has 1 atom stereocenters. The SMILES string of the molecule is CCC(Cc1ccccn1)(ON=Cc1cccc(C(F)(F)F)c1)C(N)=O. The summed E-state index contributed by atoms with van der Waals surface area (Å²) >= 11 is 0. The third-order valence-electron chi connectivity index (χ3n) is 3.86. The van der Waals surface area contributed by atoms with E-state index in [0.29, 0.717) is 5.69 Å². The van der Waals surface area contributed by atoms with Gasteiger partial charge in [0.1, 0.15) is 0 Å². The first-order valence-electron chi connectivity index (χ1n) is 7.85. The number of primary amides is 1. The molecule has 138 valence electrons. The molecule has 2 aromatic rings. The molecule has 0 spiro atoms. The topological polar surface area (TPSA) is 77.6 Å². The number of nitrogens with zero attached hydrogens (tertiary/aromatic N) is 2. The van der Waals surface area contributed by atoms with Crippen LogP contribution in [0.3, 0.4) is 0 Å². The number of amides is 1. The number of oxime groups is 1. The number of halogens is 3. The van der Waals surface area contributed by atoms with Crippen molar-refractivity contribution in [3.05, 3.63) is 65.5 Å². The van der Waals surface area contributed by atoms with E-state index in [4.69, 9.17) is 10.6 Å². The Balaban J connectivity index is 2.19. The smallest absolute Gasteiger partial charge is 0.379 e. The van der Waals surface area contributed by atoms with Crippen molar-refractivity contribution in [3.8, 4) is 0 Å². The molecular formula is C18H18F3N3O2. The van der Waals surface area contributed by atoms with Crippen LogP contribution in [0.25, 0.3) is 0 Å². The lowest BCUT2D eigenvalue weighted by atomic mass is 9.93. The molecule has 1 heterocycles. The zero-order chi connectivity index (χ0) is 19.2. The second kappa shape index (κ2) is 7.99. The van der Waals surface area contributed by atoms with Crippen LogP contribution in [0.4, 0.5) is 13.2 Å². The van der Waals surface area contributed by atoms with Gasteiger partial charge in [-0.25, -0.2) is 0 Å². The van der Waals surface area contributed by atoms with Crippen molar-refractivity contribution < 1.29 is 22.8 Å². The summed E-state index contributed by atoms with van der Waals surface area (Å²) in [5.41, 5.74) is 4.01. The van der Waals surface area contributed by atoms with Crippen LogP contribution in [0.2, 0.25) is 0 Å². The molecule has 0 aliphatic carbocycles. The Kier molecular flexibility index (Phi) is 5.97. The Morgan fingerprint density at radius 1 is 1.27 bits per heavy atom. The number of benzene rings is 1. The molecular weight excluding hydrogens is 347 g/mol. The summed E-state index contributed by atoms with van der Waals surface area (Å²) < 4.78 is 38.2. The first kappa shape index (κ1) is 19.4. The minimum absolute atomic E-state index is 0.0968. The van der Waals surface area contributed by atoms with E-state index in [-0.39, 0.29) is 18.4 Å². The van der Waals surface area contributed by atoms with Gasteiger partial charge in [-0.3, -0.25) is 9.78 Å². The summed E-state index contributed by atoms with van der Waals surface area (Å²) in [6.07, 6.45) is -1.45. The van der Waals surface area contributed by atoms with Gasteiger partial charge in [-0.05, 0) is 36.2 Å². The Bertz CT molecular complexity index is 779. The summed E-state index contributed by atoms with van der Waals surface area (Å²) in [7, 11) is 0. The molecule has 0 saturated heterocycles. The maximum Gasteiger partial charge on any atom is 0.416 e. The fourth-order valence-electron chi connectivity index (χ4n) is 2.31. The number of aromatic nitrogens is 1. The van der Waals surface area contributed by atoms with E-state index in [1.807, 2.05) is 0 Å². The molecule has 0 radical (unpaired) electrons. The predicted molar refractivity (Wildman–Crippen MR) is 90.3 cm³/mol. The van der Waals surface area contributed by atoms with Crippen LogP contribution in [0.15, 0.2) is 53.8 Å². The lowest BCUT2D eigenvalue weighted by molar-refractivity contribution is -0.144. The number of carbonyl (C=O) groups is 1. The zero-order valence-corrected chi connectivity index (χ0v) is 14.0. The van der Waals surface area contributed by atoms with Gasteiger partial charge in [-0.15, -0.1) is 0 Å². The number of hydrogen-bond donors (Lipinski definition) is 1. The van der Waals surface area contributed by atoms with Crippen LogP contribution in [-0.4, -0.2) is 22.7 Å².